The van der Waals surface area contributed by atoms with E-state index in [2.05, 4.69) is 10.3 Å². The Hall–Kier alpha value is -4.65. The number of nitrogens with two attached hydrogens (primary N) is 2. The number of primary amides is 1. The first-order valence-corrected chi connectivity index (χ1v) is 11.2. The quantitative estimate of drug-likeness (QED) is 0.268. The lowest BCUT2D eigenvalue weighted by Gasteiger charge is -2.22. The van der Waals surface area contributed by atoms with Crippen LogP contribution < -0.4 is 21.7 Å². The summed E-state index contributed by atoms with van der Waals surface area (Å²) in [5, 5.41) is 2.39. The number of amides is 3. The van der Waals surface area contributed by atoms with Crippen molar-refractivity contribution in [2.24, 2.45) is 11.5 Å². The van der Waals surface area contributed by atoms with E-state index in [0.717, 1.165) is 17.0 Å². The molecular formula is C25H24F3N5O5. The van der Waals surface area contributed by atoms with Crippen LogP contribution in [0.5, 0.6) is 0 Å². The van der Waals surface area contributed by atoms with Crippen LogP contribution in [0.15, 0.2) is 54.6 Å². The Kier molecular flexibility index (Phi) is 9.60. The number of ether oxygens (including phenoxy) is 2. The number of esters is 1. The number of rotatable bonds is 10. The van der Waals surface area contributed by atoms with Crippen molar-refractivity contribution < 1.29 is 37.0 Å². The molecule has 0 saturated carbocycles. The fourth-order valence-corrected chi connectivity index (χ4v) is 3.32. The van der Waals surface area contributed by atoms with Crippen LogP contribution in [0.2, 0.25) is 0 Å². The molecule has 3 amide bonds. The Labute approximate surface area is 215 Å². The first-order chi connectivity index (χ1) is 18.2. The molecule has 0 aliphatic rings. The molecule has 0 fully saturated rings. The van der Waals surface area contributed by atoms with Gasteiger partial charge in [0.25, 0.3) is 0 Å². The monoisotopic (exact) mass is 531 g/mol. The maximum Gasteiger partial charge on any atom is 0.407 e. The number of hydrogen-bond donors (Lipinski definition) is 3. The molecule has 0 saturated heterocycles. The summed E-state index contributed by atoms with van der Waals surface area (Å²) in [5.74, 6) is -2.09. The van der Waals surface area contributed by atoms with E-state index in [1.165, 1.54) is 42.5 Å². The number of pyridine rings is 1. The van der Waals surface area contributed by atoms with Crippen LogP contribution in [0, 0.1) is 11.6 Å². The van der Waals surface area contributed by atoms with E-state index in [4.69, 9.17) is 20.9 Å². The molecule has 1 heterocycles. The summed E-state index contributed by atoms with van der Waals surface area (Å²) < 4.78 is 51.3. The maximum atomic E-state index is 14.6. The molecule has 0 atom stereocenters. The number of anilines is 2. The van der Waals surface area contributed by atoms with Crippen LogP contribution >= 0.6 is 0 Å². The van der Waals surface area contributed by atoms with Gasteiger partial charge in [0.15, 0.2) is 0 Å². The second-order valence-corrected chi connectivity index (χ2v) is 7.70. The van der Waals surface area contributed by atoms with Crippen molar-refractivity contribution in [1.29, 1.82) is 0 Å². The van der Waals surface area contributed by atoms with Crippen molar-refractivity contribution in [3.63, 3.8) is 0 Å². The Balaban J connectivity index is 1.90. The van der Waals surface area contributed by atoms with E-state index in [-0.39, 0.29) is 49.1 Å². The lowest BCUT2D eigenvalue weighted by Crippen LogP contribution is -2.33. The van der Waals surface area contributed by atoms with Crippen molar-refractivity contribution in [3.05, 3.63) is 77.4 Å². The molecule has 3 rings (SSSR count). The van der Waals surface area contributed by atoms with E-state index >= 15 is 0 Å². The van der Waals surface area contributed by atoms with Gasteiger partial charge in [0.05, 0.1) is 24.5 Å². The number of urea groups is 1. The van der Waals surface area contributed by atoms with E-state index in [1.807, 2.05) is 0 Å². The fraction of sp³-hybridized carbons (Fsp3) is 0.200. The summed E-state index contributed by atoms with van der Waals surface area (Å²) in [5.41, 5.74) is 11.4. The standard InChI is InChI=1S/C25H24F3N5O5/c26-12-15-1-7-19(28)20(11-15)33(24(30)35)21-8-4-17(23(32-21)16-2-5-18(27)6-3-16)14-38-25(36)31-9-10-37-22(34)13-29/h1-8,11H,9-10,12-14,29H2,(H2,30,35)(H,31,36). The normalized spacial score (nSPS) is 10.5. The average molecular weight is 531 g/mol. The predicted molar refractivity (Wildman–Crippen MR) is 131 cm³/mol. The largest absolute Gasteiger partial charge is 0.463 e. The van der Waals surface area contributed by atoms with Gasteiger partial charge in [-0.1, -0.05) is 6.07 Å². The zero-order valence-corrected chi connectivity index (χ0v) is 20.0. The number of hydrogen-bond acceptors (Lipinski definition) is 7. The second kappa shape index (κ2) is 13.1. The van der Waals surface area contributed by atoms with Crippen LogP contribution in [-0.4, -0.2) is 42.8 Å². The number of halogens is 3. The number of alkyl carbamates (subject to hydrolysis) is 1. The molecule has 38 heavy (non-hydrogen) atoms. The topological polar surface area (TPSA) is 150 Å². The van der Waals surface area contributed by atoms with Gasteiger partial charge in [-0.3, -0.25) is 4.79 Å². The van der Waals surface area contributed by atoms with Gasteiger partial charge in [-0.2, -0.15) is 0 Å². The third-order valence-electron chi connectivity index (χ3n) is 5.10. The molecule has 5 N–H and O–H groups in total. The molecule has 200 valence electrons. The molecule has 0 radical (unpaired) electrons. The zero-order chi connectivity index (χ0) is 27.7. The third-order valence-corrected chi connectivity index (χ3v) is 5.10. The Bertz CT molecular complexity index is 1310. The zero-order valence-electron chi connectivity index (χ0n) is 20.0. The molecule has 0 spiro atoms. The molecule has 10 nitrogen and oxygen atoms in total. The number of benzene rings is 2. The number of alkyl halides is 1. The highest BCUT2D eigenvalue weighted by molar-refractivity contribution is 5.98. The van der Waals surface area contributed by atoms with Gasteiger partial charge in [0.1, 0.15) is 37.3 Å². The number of carbonyl (C=O) groups is 3. The highest BCUT2D eigenvalue weighted by Crippen LogP contribution is 2.31. The fourth-order valence-electron chi connectivity index (χ4n) is 3.32. The van der Waals surface area contributed by atoms with Gasteiger partial charge in [0.2, 0.25) is 0 Å². The SMILES string of the molecule is NCC(=O)OCCNC(=O)OCc1ccc(N(C(N)=O)c2cc(CF)ccc2F)nc1-c1ccc(F)cc1. The average Bonchev–Trinajstić information content (AvgIpc) is 2.91. The molecule has 1 aromatic heterocycles. The summed E-state index contributed by atoms with van der Waals surface area (Å²) in [6.45, 7) is -1.62. The number of carbonyl (C=O) groups excluding carboxylic acids is 3. The van der Waals surface area contributed by atoms with Crippen molar-refractivity contribution >= 4 is 29.6 Å². The van der Waals surface area contributed by atoms with Gasteiger partial charge < -0.3 is 26.3 Å². The van der Waals surface area contributed by atoms with Crippen LogP contribution in [0.3, 0.4) is 0 Å². The second-order valence-electron chi connectivity index (χ2n) is 7.70. The molecule has 0 aliphatic carbocycles. The van der Waals surface area contributed by atoms with Crippen LogP contribution in [-0.2, 0) is 27.5 Å². The van der Waals surface area contributed by atoms with Crippen molar-refractivity contribution in [2.45, 2.75) is 13.3 Å². The van der Waals surface area contributed by atoms with Crippen LogP contribution in [0.25, 0.3) is 11.3 Å². The van der Waals surface area contributed by atoms with Gasteiger partial charge in [-0.25, -0.2) is 32.6 Å². The van der Waals surface area contributed by atoms with Crippen molar-refractivity contribution in [1.82, 2.24) is 10.3 Å². The number of nitrogens with one attached hydrogen (secondary N) is 1. The van der Waals surface area contributed by atoms with E-state index in [1.54, 1.807) is 0 Å². The Morgan fingerprint density at radius 3 is 2.39 bits per heavy atom. The molecule has 0 aliphatic heterocycles. The maximum absolute atomic E-state index is 14.6. The number of aromatic nitrogens is 1. The first-order valence-electron chi connectivity index (χ1n) is 11.2. The summed E-state index contributed by atoms with van der Waals surface area (Å²) in [7, 11) is 0. The van der Waals surface area contributed by atoms with Crippen LogP contribution in [0.4, 0.5) is 34.3 Å². The smallest absolute Gasteiger partial charge is 0.407 e. The summed E-state index contributed by atoms with van der Waals surface area (Å²) in [4.78, 5) is 40.6. The minimum atomic E-state index is -1.09. The van der Waals surface area contributed by atoms with Crippen molar-refractivity contribution in [3.8, 4) is 11.3 Å². The molecule has 0 unspecified atom stereocenters. The van der Waals surface area contributed by atoms with Gasteiger partial charge in [-0.15, -0.1) is 0 Å². The third kappa shape index (κ3) is 7.20. The molecular weight excluding hydrogens is 507 g/mol. The van der Waals surface area contributed by atoms with E-state index < -0.39 is 36.4 Å². The summed E-state index contributed by atoms with van der Waals surface area (Å²) >= 11 is 0. The lowest BCUT2D eigenvalue weighted by atomic mass is 10.1. The van der Waals surface area contributed by atoms with Gasteiger partial charge in [0, 0.05) is 11.1 Å². The summed E-state index contributed by atoms with van der Waals surface area (Å²) in [6, 6.07) is 10.3. The Morgan fingerprint density at radius 2 is 1.74 bits per heavy atom. The first kappa shape index (κ1) is 27.9. The minimum absolute atomic E-state index is 0.0241. The van der Waals surface area contributed by atoms with Crippen molar-refractivity contribution in [2.75, 3.05) is 24.6 Å². The minimum Gasteiger partial charge on any atom is -0.463 e. The number of nitrogens with zero attached hydrogens (tertiary/aromatic N) is 2. The summed E-state index contributed by atoms with van der Waals surface area (Å²) in [6.07, 6.45) is -0.827. The van der Waals surface area contributed by atoms with Crippen LogP contribution in [0.1, 0.15) is 11.1 Å². The predicted octanol–water partition coefficient (Wildman–Crippen LogP) is 3.44. The molecule has 0 bridgehead atoms. The van der Waals surface area contributed by atoms with Gasteiger partial charge >= 0.3 is 18.1 Å². The molecule has 13 heteroatoms. The molecule has 3 aromatic rings. The molecule has 2 aromatic carbocycles. The Morgan fingerprint density at radius 1 is 1.00 bits per heavy atom. The van der Waals surface area contributed by atoms with E-state index in [9.17, 15) is 27.6 Å². The highest BCUT2D eigenvalue weighted by atomic mass is 19.1. The van der Waals surface area contributed by atoms with E-state index in [0.29, 0.717) is 11.1 Å². The lowest BCUT2D eigenvalue weighted by molar-refractivity contribution is -0.141. The van der Waals surface area contributed by atoms with Gasteiger partial charge in [-0.05, 0) is 54.1 Å². The highest BCUT2D eigenvalue weighted by Gasteiger charge is 2.23.